The molecular formula is C14H18N2O. The molecule has 0 atom stereocenters. The molecular weight excluding hydrogens is 212 g/mol. The zero-order valence-electron chi connectivity index (χ0n) is 10.3. The Morgan fingerprint density at radius 2 is 1.94 bits per heavy atom. The van der Waals surface area contributed by atoms with Gasteiger partial charge in [-0.2, -0.15) is 0 Å². The minimum absolute atomic E-state index is 0.387. The van der Waals surface area contributed by atoms with Gasteiger partial charge in [-0.05, 0) is 17.9 Å². The average molecular weight is 230 g/mol. The summed E-state index contributed by atoms with van der Waals surface area (Å²) in [4.78, 5) is 0. The fourth-order valence-electron chi connectivity index (χ4n) is 1.83. The van der Waals surface area contributed by atoms with Crippen molar-refractivity contribution in [3.8, 4) is 11.3 Å². The lowest BCUT2D eigenvalue weighted by molar-refractivity contribution is 0.387. The first-order valence-corrected chi connectivity index (χ1v) is 5.94. The number of nitrogens with zero attached hydrogens (tertiary/aromatic N) is 1. The van der Waals surface area contributed by atoms with Gasteiger partial charge in [-0.25, -0.2) is 0 Å². The number of rotatable bonds is 4. The third-order valence-corrected chi connectivity index (χ3v) is 2.65. The molecule has 0 amide bonds. The highest BCUT2D eigenvalue weighted by molar-refractivity contribution is 5.59. The largest absolute Gasteiger partial charge is 0.359 e. The highest BCUT2D eigenvalue weighted by Gasteiger charge is 2.05. The van der Waals surface area contributed by atoms with Gasteiger partial charge in [-0.3, -0.25) is 0 Å². The van der Waals surface area contributed by atoms with Crippen LogP contribution in [0, 0.1) is 5.92 Å². The average Bonchev–Trinajstić information content (AvgIpc) is 2.78. The smallest absolute Gasteiger partial charge is 0.150 e. The Bertz CT molecular complexity index is 471. The lowest BCUT2D eigenvalue weighted by Gasteiger charge is -2.04. The normalized spacial score (nSPS) is 11.1. The van der Waals surface area contributed by atoms with Crippen LogP contribution in [0.4, 0.5) is 0 Å². The molecule has 1 heterocycles. The fourth-order valence-corrected chi connectivity index (χ4v) is 1.83. The molecule has 3 nitrogen and oxygen atoms in total. The number of hydrogen-bond acceptors (Lipinski definition) is 3. The quantitative estimate of drug-likeness (QED) is 0.878. The topological polar surface area (TPSA) is 52.0 Å². The summed E-state index contributed by atoms with van der Waals surface area (Å²) in [5.41, 5.74) is 8.76. The molecule has 1 aromatic heterocycles. The third kappa shape index (κ3) is 2.94. The lowest BCUT2D eigenvalue weighted by Crippen LogP contribution is -1.93. The second kappa shape index (κ2) is 5.15. The zero-order chi connectivity index (χ0) is 12.3. The molecule has 0 aliphatic rings. The number of nitrogens with two attached hydrogens (primary N) is 1. The highest BCUT2D eigenvalue weighted by atomic mass is 16.5. The van der Waals surface area contributed by atoms with Crippen molar-refractivity contribution >= 4 is 0 Å². The first-order chi connectivity index (χ1) is 8.19. The zero-order valence-corrected chi connectivity index (χ0v) is 10.3. The van der Waals surface area contributed by atoms with Crippen LogP contribution >= 0.6 is 0 Å². The molecule has 2 rings (SSSR count). The van der Waals surface area contributed by atoms with Crippen molar-refractivity contribution in [3.05, 3.63) is 41.7 Å². The van der Waals surface area contributed by atoms with E-state index < -0.39 is 0 Å². The van der Waals surface area contributed by atoms with E-state index in [-0.39, 0.29) is 0 Å². The van der Waals surface area contributed by atoms with Crippen LogP contribution in [0.5, 0.6) is 0 Å². The van der Waals surface area contributed by atoms with Crippen molar-refractivity contribution in [2.75, 3.05) is 0 Å². The molecule has 17 heavy (non-hydrogen) atoms. The minimum Gasteiger partial charge on any atom is -0.359 e. The van der Waals surface area contributed by atoms with E-state index in [4.69, 9.17) is 10.3 Å². The van der Waals surface area contributed by atoms with Crippen molar-refractivity contribution in [2.24, 2.45) is 11.7 Å². The van der Waals surface area contributed by atoms with Gasteiger partial charge in [-0.1, -0.05) is 43.3 Å². The van der Waals surface area contributed by atoms with E-state index >= 15 is 0 Å². The molecule has 3 heteroatoms. The molecule has 0 saturated heterocycles. The first-order valence-electron chi connectivity index (χ1n) is 5.94. The van der Waals surface area contributed by atoms with Gasteiger partial charge in [0.15, 0.2) is 5.76 Å². The van der Waals surface area contributed by atoms with Crippen molar-refractivity contribution < 1.29 is 4.52 Å². The SMILES string of the molecule is CC(C)Cc1ccc(-c2cc(CN)on2)cc1. The van der Waals surface area contributed by atoms with Crippen LogP contribution in [0.1, 0.15) is 25.2 Å². The Morgan fingerprint density at radius 3 is 2.47 bits per heavy atom. The maximum Gasteiger partial charge on any atom is 0.150 e. The van der Waals surface area contributed by atoms with Gasteiger partial charge in [0.1, 0.15) is 5.69 Å². The minimum atomic E-state index is 0.387. The standard InChI is InChI=1S/C14H18N2O/c1-10(2)7-11-3-5-12(6-4-11)14-8-13(9-15)17-16-14/h3-6,8,10H,7,9,15H2,1-2H3. The van der Waals surface area contributed by atoms with Crippen molar-refractivity contribution in [1.29, 1.82) is 0 Å². The Kier molecular flexibility index (Phi) is 3.59. The van der Waals surface area contributed by atoms with Gasteiger partial charge in [-0.15, -0.1) is 0 Å². The molecule has 0 bridgehead atoms. The predicted molar refractivity (Wildman–Crippen MR) is 68.4 cm³/mol. The number of hydrogen-bond donors (Lipinski definition) is 1. The van der Waals surface area contributed by atoms with Gasteiger partial charge in [0.2, 0.25) is 0 Å². The summed E-state index contributed by atoms with van der Waals surface area (Å²) in [7, 11) is 0. The Morgan fingerprint density at radius 1 is 1.24 bits per heavy atom. The summed E-state index contributed by atoms with van der Waals surface area (Å²) in [5, 5.41) is 3.99. The Labute approximate surface area is 102 Å². The van der Waals surface area contributed by atoms with Gasteiger partial charge in [0.25, 0.3) is 0 Å². The second-order valence-corrected chi connectivity index (χ2v) is 4.68. The number of benzene rings is 1. The molecule has 0 aliphatic heterocycles. The third-order valence-electron chi connectivity index (χ3n) is 2.65. The van der Waals surface area contributed by atoms with E-state index in [1.807, 2.05) is 6.07 Å². The van der Waals surface area contributed by atoms with E-state index in [9.17, 15) is 0 Å². The lowest BCUT2D eigenvalue weighted by atomic mass is 10.0. The van der Waals surface area contributed by atoms with Gasteiger partial charge < -0.3 is 10.3 Å². The van der Waals surface area contributed by atoms with Crippen LogP contribution in [0.3, 0.4) is 0 Å². The summed E-state index contributed by atoms with van der Waals surface area (Å²) in [5.74, 6) is 1.39. The molecule has 90 valence electrons. The van der Waals surface area contributed by atoms with E-state index in [2.05, 4.69) is 43.3 Å². The Hall–Kier alpha value is -1.61. The molecule has 1 aromatic carbocycles. The summed E-state index contributed by atoms with van der Waals surface area (Å²) in [6.07, 6.45) is 1.10. The van der Waals surface area contributed by atoms with Crippen LogP contribution in [0.25, 0.3) is 11.3 Å². The van der Waals surface area contributed by atoms with Crippen molar-refractivity contribution in [2.45, 2.75) is 26.8 Å². The van der Waals surface area contributed by atoms with Crippen LogP contribution in [0.2, 0.25) is 0 Å². The maximum absolute atomic E-state index is 5.49. The summed E-state index contributed by atoms with van der Waals surface area (Å²) in [6, 6.07) is 10.3. The van der Waals surface area contributed by atoms with Crippen LogP contribution in [-0.4, -0.2) is 5.16 Å². The van der Waals surface area contributed by atoms with Crippen LogP contribution < -0.4 is 5.73 Å². The fraction of sp³-hybridized carbons (Fsp3) is 0.357. The first kappa shape index (κ1) is 11.9. The molecule has 0 aliphatic carbocycles. The summed E-state index contributed by atoms with van der Waals surface area (Å²) in [6.45, 7) is 4.83. The van der Waals surface area contributed by atoms with E-state index in [1.54, 1.807) is 0 Å². The Balaban J connectivity index is 2.17. The highest BCUT2D eigenvalue weighted by Crippen LogP contribution is 2.20. The molecule has 0 saturated carbocycles. The van der Waals surface area contributed by atoms with Crippen molar-refractivity contribution in [1.82, 2.24) is 5.16 Å². The van der Waals surface area contributed by atoms with Gasteiger partial charge in [0, 0.05) is 11.6 Å². The van der Waals surface area contributed by atoms with E-state index in [1.165, 1.54) is 5.56 Å². The monoisotopic (exact) mass is 230 g/mol. The second-order valence-electron chi connectivity index (χ2n) is 4.68. The maximum atomic E-state index is 5.49. The molecule has 0 spiro atoms. The van der Waals surface area contributed by atoms with E-state index in [0.717, 1.165) is 17.7 Å². The molecule has 0 unspecified atom stereocenters. The molecule has 2 aromatic rings. The molecule has 0 radical (unpaired) electrons. The van der Waals surface area contributed by atoms with Crippen LogP contribution in [0.15, 0.2) is 34.9 Å². The number of aromatic nitrogens is 1. The van der Waals surface area contributed by atoms with Gasteiger partial charge >= 0.3 is 0 Å². The van der Waals surface area contributed by atoms with Gasteiger partial charge in [0.05, 0.1) is 6.54 Å². The van der Waals surface area contributed by atoms with E-state index in [0.29, 0.717) is 18.2 Å². The summed E-state index contributed by atoms with van der Waals surface area (Å²) < 4.78 is 5.09. The summed E-state index contributed by atoms with van der Waals surface area (Å²) >= 11 is 0. The van der Waals surface area contributed by atoms with Crippen LogP contribution in [-0.2, 0) is 13.0 Å². The van der Waals surface area contributed by atoms with Crippen molar-refractivity contribution in [3.63, 3.8) is 0 Å². The molecule has 0 fully saturated rings. The molecule has 2 N–H and O–H groups in total. The predicted octanol–water partition coefficient (Wildman–Crippen LogP) is 3.00.